The summed E-state index contributed by atoms with van der Waals surface area (Å²) in [6.07, 6.45) is 0.810. The quantitative estimate of drug-likeness (QED) is 0.630. The molecule has 2 N–H and O–H groups in total. The topological polar surface area (TPSA) is 70.7 Å². The Morgan fingerprint density at radius 1 is 1.00 bits per heavy atom. The summed E-state index contributed by atoms with van der Waals surface area (Å²) in [4.78, 5) is 26.5. The van der Waals surface area contributed by atoms with Crippen LogP contribution in [0.5, 0.6) is 5.75 Å². The molecule has 0 radical (unpaired) electrons. The minimum absolute atomic E-state index is 0.0722. The summed E-state index contributed by atoms with van der Waals surface area (Å²) in [5.74, 6) is 0.258. The molecule has 0 bridgehead atoms. The summed E-state index contributed by atoms with van der Waals surface area (Å²) in [5.41, 5.74) is 1.15. The zero-order valence-electron chi connectivity index (χ0n) is 15.8. The molecule has 28 heavy (non-hydrogen) atoms. The molecule has 8 heteroatoms. The first-order valence-corrected chi connectivity index (χ1v) is 9.58. The molecular formula is C20H23Cl2N3O3. The Morgan fingerprint density at radius 2 is 1.64 bits per heavy atom. The van der Waals surface area contributed by atoms with Gasteiger partial charge in [-0.3, -0.25) is 14.5 Å². The van der Waals surface area contributed by atoms with Crippen LogP contribution in [0.25, 0.3) is 0 Å². The van der Waals surface area contributed by atoms with Crippen molar-refractivity contribution in [3.8, 4) is 5.75 Å². The third-order valence-corrected chi connectivity index (χ3v) is 4.40. The van der Waals surface area contributed by atoms with Gasteiger partial charge in [-0.15, -0.1) is 0 Å². The number of rotatable bonds is 9. The molecule has 2 aromatic carbocycles. The van der Waals surface area contributed by atoms with Crippen molar-refractivity contribution in [3.63, 3.8) is 0 Å². The SMILES string of the molecule is CCCN(CC(=O)Nc1ccc(OC)cc1)CC(=O)Nc1ccc(Cl)cc1Cl. The highest BCUT2D eigenvalue weighted by molar-refractivity contribution is 6.36. The smallest absolute Gasteiger partial charge is 0.238 e. The van der Waals surface area contributed by atoms with Gasteiger partial charge in [-0.1, -0.05) is 30.1 Å². The number of nitrogens with zero attached hydrogens (tertiary/aromatic N) is 1. The van der Waals surface area contributed by atoms with Gasteiger partial charge in [-0.25, -0.2) is 0 Å². The fourth-order valence-electron chi connectivity index (χ4n) is 2.59. The highest BCUT2D eigenvalue weighted by Gasteiger charge is 2.15. The fourth-order valence-corrected chi connectivity index (χ4v) is 3.05. The molecule has 0 saturated carbocycles. The molecule has 0 aliphatic heterocycles. The molecule has 0 fully saturated rings. The van der Waals surface area contributed by atoms with Crippen molar-refractivity contribution < 1.29 is 14.3 Å². The van der Waals surface area contributed by atoms with Crippen LogP contribution in [0.4, 0.5) is 11.4 Å². The van der Waals surface area contributed by atoms with Crippen LogP contribution in [0.1, 0.15) is 13.3 Å². The first kappa shape index (κ1) is 22.0. The maximum atomic E-state index is 12.4. The number of methoxy groups -OCH3 is 1. The molecular weight excluding hydrogens is 401 g/mol. The van der Waals surface area contributed by atoms with E-state index in [1.807, 2.05) is 6.92 Å². The Bertz CT molecular complexity index is 813. The number of carbonyl (C=O) groups is 2. The Labute approximate surface area is 174 Å². The average molecular weight is 424 g/mol. The average Bonchev–Trinajstić information content (AvgIpc) is 2.64. The summed E-state index contributed by atoms with van der Waals surface area (Å²) in [7, 11) is 1.58. The van der Waals surface area contributed by atoms with Gasteiger partial charge in [-0.05, 0) is 55.4 Å². The second-order valence-electron chi connectivity index (χ2n) is 6.16. The van der Waals surface area contributed by atoms with Crippen LogP contribution in [0, 0.1) is 0 Å². The molecule has 0 atom stereocenters. The van der Waals surface area contributed by atoms with E-state index in [2.05, 4.69) is 10.6 Å². The minimum Gasteiger partial charge on any atom is -0.497 e. The lowest BCUT2D eigenvalue weighted by atomic mass is 10.3. The Balaban J connectivity index is 1.91. The van der Waals surface area contributed by atoms with E-state index in [9.17, 15) is 9.59 Å². The van der Waals surface area contributed by atoms with Crippen molar-refractivity contribution in [1.29, 1.82) is 0 Å². The molecule has 2 aromatic rings. The van der Waals surface area contributed by atoms with Gasteiger partial charge in [0, 0.05) is 10.7 Å². The van der Waals surface area contributed by atoms with Crippen LogP contribution >= 0.6 is 23.2 Å². The zero-order valence-corrected chi connectivity index (χ0v) is 17.3. The summed E-state index contributed by atoms with van der Waals surface area (Å²) >= 11 is 11.9. The lowest BCUT2D eigenvalue weighted by molar-refractivity contribution is -0.120. The second-order valence-corrected chi connectivity index (χ2v) is 7.00. The summed E-state index contributed by atoms with van der Waals surface area (Å²) in [5, 5.41) is 6.41. The summed E-state index contributed by atoms with van der Waals surface area (Å²) in [6.45, 7) is 2.77. The molecule has 0 saturated heterocycles. The predicted molar refractivity (Wildman–Crippen MR) is 113 cm³/mol. The predicted octanol–water partition coefficient (Wildman–Crippen LogP) is 4.29. The molecule has 150 valence electrons. The number of hydrogen-bond acceptors (Lipinski definition) is 4. The van der Waals surface area contributed by atoms with Crippen molar-refractivity contribution >= 4 is 46.4 Å². The van der Waals surface area contributed by atoms with E-state index >= 15 is 0 Å². The molecule has 0 heterocycles. The first-order chi connectivity index (χ1) is 13.4. The number of carbonyl (C=O) groups excluding carboxylic acids is 2. The van der Waals surface area contributed by atoms with Gasteiger partial charge in [0.05, 0.1) is 30.9 Å². The lowest BCUT2D eigenvalue weighted by Gasteiger charge is -2.21. The normalized spacial score (nSPS) is 10.6. The summed E-state index contributed by atoms with van der Waals surface area (Å²) < 4.78 is 5.10. The number of benzene rings is 2. The third-order valence-electron chi connectivity index (χ3n) is 3.85. The van der Waals surface area contributed by atoms with Crippen molar-refractivity contribution in [3.05, 3.63) is 52.5 Å². The van der Waals surface area contributed by atoms with Gasteiger partial charge in [-0.2, -0.15) is 0 Å². The molecule has 0 aliphatic carbocycles. The number of hydrogen-bond donors (Lipinski definition) is 2. The Kier molecular flexibility index (Phi) is 8.57. The van der Waals surface area contributed by atoms with Crippen LogP contribution in [0.15, 0.2) is 42.5 Å². The number of ether oxygens (including phenoxy) is 1. The molecule has 2 amide bonds. The van der Waals surface area contributed by atoms with Gasteiger partial charge in [0.15, 0.2) is 0 Å². The summed E-state index contributed by atoms with van der Waals surface area (Å²) in [6, 6.07) is 11.9. The van der Waals surface area contributed by atoms with Gasteiger partial charge in [0.2, 0.25) is 11.8 Å². The van der Waals surface area contributed by atoms with E-state index in [0.717, 1.165) is 6.42 Å². The van der Waals surface area contributed by atoms with E-state index in [0.29, 0.717) is 33.7 Å². The number of nitrogens with one attached hydrogen (secondary N) is 2. The number of halogens is 2. The van der Waals surface area contributed by atoms with Crippen LogP contribution < -0.4 is 15.4 Å². The molecule has 2 rings (SSSR count). The van der Waals surface area contributed by atoms with Gasteiger partial charge >= 0.3 is 0 Å². The number of amides is 2. The van der Waals surface area contributed by atoms with E-state index in [1.165, 1.54) is 0 Å². The van der Waals surface area contributed by atoms with Crippen LogP contribution in [-0.2, 0) is 9.59 Å². The highest BCUT2D eigenvalue weighted by Crippen LogP contribution is 2.25. The van der Waals surface area contributed by atoms with Crippen LogP contribution in [0.3, 0.4) is 0 Å². The van der Waals surface area contributed by atoms with Crippen molar-refractivity contribution in [2.75, 3.05) is 37.4 Å². The Hall–Kier alpha value is -2.28. The minimum atomic E-state index is -0.255. The molecule has 0 aromatic heterocycles. The van der Waals surface area contributed by atoms with Gasteiger partial charge in [0.1, 0.15) is 5.75 Å². The maximum Gasteiger partial charge on any atom is 0.238 e. The van der Waals surface area contributed by atoms with Gasteiger partial charge < -0.3 is 15.4 Å². The van der Waals surface area contributed by atoms with E-state index in [4.69, 9.17) is 27.9 Å². The maximum absolute atomic E-state index is 12.4. The van der Waals surface area contributed by atoms with E-state index in [-0.39, 0.29) is 24.9 Å². The van der Waals surface area contributed by atoms with Crippen LogP contribution in [-0.4, -0.2) is 43.5 Å². The first-order valence-electron chi connectivity index (χ1n) is 8.82. The standard InChI is InChI=1S/C20H23Cl2N3O3/c1-3-10-25(12-19(26)23-15-5-7-16(28-2)8-6-15)13-20(27)24-18-9-4-14(21)11-17(18)22/h4-9,11H,3,10,12-13H2,1-2H3,(H,23,26)(H,24,27). The third kappa shape index (κ3) is 7.03. The van der Waals surface area contributed by atoms with Crippen molar-refractivity contribution in [2.45, 2.75) is 13.3 Å². The van der Waals surface area contributed by atoms with Gasteiger partial charge in [0.25, 0.3) is 0 Å². The van der Waals surface area contributed by atoms with Crippen molar-refractivity contribution in [1.82, 2.24) is 4.90 Å². The van der Waals surface area contributed by atoms with Crippen molar-refractivity contribution in [2.24, 2.45) is 0 Å². The Morgan fingerprint density at radius 3 is 2.21 bits per heavy atom. The fraction of sp³-hybridized carbons (Fsp3) is 0.300. The van der Waals surface area contributed by atoms with Crippen LogP contribution in [0.2, 0.25) is 10.0 Å². The molecule has 6 nitrogen and oxygen atoms in total. The molecule has 0 unspecified atom stereocenters. The lowest BCUT2D eigenvalue weighted by Crippen LogP contribution is -2.39. The monoisotopic (exact) mass is 423 g/mol. The molecule has 0 aliphatic rings. The number of anilines is 2. The second kappa shape index (κ2) is 10.9. The largest absolute Gasteiger partial charge is 0.497 e. The zero-order chi connectivity index (χ0) is 20.5. The highest BCUT2D eigenvalue weighted by atomic mass is 35.5. The van der Waals surface area contributed by atoms with E-state index in [1.54, 1.807) is 54.5 Å². The molecule has 0 spiro atoms. The van der Waals surface area contributed by atoms with E-state index < -0.39 is 0 Å².